The van der Waals surface area contributed by atoms with E-state index in [1.54, 1.807) is 4.90 Å². The molecule has 2 rings (SSSR count). The summed E-state index contributed by atoms with van der Waals surface area (Å²) >= 11 is 3.39. The van der Waals surface area contributed by atoms with Crippen LogP contribution in [0, 0.1) is 0 Å². The Balaban J connectivity index is 2.33. The molecule has 0 saturated carbocycles. The highest BCUT2D eigenvalue weighted by Gasteiger charge is 2.30. The van der Waals surface area contributed by atoms with Crippen molar-refractivity contribution in [2.45, 2.75) is 52.0 Å². The molecule has 0 heterocycles. The Labute approximate surface area is 163 Å². The second kappa shape index (κ2) is 9.19. The van der Waals surface area contributed by atoms with Crippen molar-refractivity contribution < 1.29 is 14.6 Å². The summed E-state index contributed by atoms with van der Waals surface area (Å²) in [6, 6.07) is 16.7. The molecular weight excluding hydrogens is 394 g/mol. The van der Waals surface area contributed by atoms with Crippen molar-refractivity contribution in [3.05, 3.63) is 70.2 Å². The van der Waals surface area contributed by atoms with Crippen molar-refractivity contribution in [1.29, 1.82) is 0 Å². The fraction of sp³-hybridized carbons (Fsp3) is 0.381. The van der Waals surface area contributed by atoms with E-state index in [1.807, 2.05) is 82.3 Å². The van der Waals surface area contributed by atoms with E-state index in [9.17, 15) is 9.90 Å². The van der Waals surface area contributed by atoms with Gasteiger partial charge in [0.1, 0.15) is 6.10 Å². The highest BCUT2D eigenvalue weighted by molar-refractivity contribution is 9.10. The predicted molar refractivity (Wildman–Crippen MR) is 107 cm³/mol. The number of amides is 1. The van der Waals surface area contributed by atoms with Crippen molar-refractivity contribution in [3.63, 3.8) is 0 Å². The largest absolute Gasteiger partial charge is 0.438 e. The van der Waals surface area contributed by atoms with Crippen LogP contribution in [0.5, 0.6) is 0 Å². The van der Waals surface area contributed by atoms with E-state index in [1.165, 1.54) is 0 Å². The molecule has 0 fully saturated rings. The third kappa shape index (κ3) is 5.08. The molecule has 1 amide bonds. The lowest BCUT2D eigenvalue weighted by atomic mass is 9.98. The average Bonchev–Trinajstić information content (AvgIpc) is 2.60. The first-order chi connectivity index (χ1) is 12.3. The zero-order valence-electron chi connectivity index (χ0n) is 15.6. The van der Waals surface area contributed by atoms with E-state index in [-0.39, 0.29) is 12.1 Å². The maximum absolute atomic E-state index is 12.8. The minimum atomic E-state index is -0.962. The van der Waals surface area contributed by atoms with Crippen LogP contribution in [0.25, 0.3) is 0 Å². The second-order valence-electron chi connectivity index (χ2n) is 6.81. The molecule has 0 saturated heterocycles. The van der Waals surface area contributed by atoms with Crippen molar-refractivity contribution >= 4 is 22.0 Å². The number of benzene rings is 2. The first-order valence-corrected chi connectivity index (χ1v) is 9.58. The topological polar surface area (TPSA) is 49.8 Å². The van der Waals surface area contributed by atoms with Gasteiger partial charge < -0.3 is 14.7 Å². The normalized spacial score (nSPS) is 13.5. The molecule has 0 aromatic heterocycles. The van der Waals surface area contributed by atoms with Gasteiger partial charge in [0, 0.05) is 16.6 Å². The molecule has 0 aliphatic heterocycles. The Morgan fingerprint density at radius 2 is 1.46 bits per heavy atom. The van der Waals surface area contributed by atoms with Crippen molar-refractivity contribution in [1.82, 2.24) is 4.90 Å². The van der Waals surface area contributed by atoms with Crippen LogP contribution >= 0.6 is 15.9 Å². The van der Waals surface area contributed by atoms with E-state index in [0.29, 0.717) is 5.56 Å². The van der Waals surface area contributed by atoms with Gasteiger partial charge in [0.25, 0.3) is 0 Å². The number of nitrogens with zero attached hydrogens (tertiary/aromatic N) is 1. The number of rotatable bonds is 6. The predicted octanol–water partition coefficient (Wildman–Crippen LogP) is 5.48. The zero-order valence-corrected chi connectivity index (χ0v) is 17.2. The molecule has 1 N–H and O–H groups in total. The van der Waals surface area contributed by atoms with Gasteiger partial charge >= 0.3 is 6.09 Å². The average molecular weight is 420 g/mol. The Morgan fingerprint density at radius 3 is 1.96 bits per heavy atom. The monoisotopic (exact) mass is 419 g/mol. The van der Waals surface area contributed by atoms with Crippen LogP contribution in [0.2, 0.25) is 0 Å². The lowest BCUT2D eigenvalue weighted by molar-refractivity contribution is -0.0218. The van der Waals surface area contributed by atoms with Crippen molar-refractivity contribution in [2.75, 3.05) is 0 Å². The molecule has 140 valence electrons. The van der Waals surface area contributed by atoms with Gasteiger partial charge in [-0.1, -0.05) is 58.4 Å². The number of hydrogen-bond donors (Lipinski definition) is 1. The Kier molecular flexibility index (Phi) is 7.23. The van der Waals surface area contributed by atoms with Gasteiger partial charge in [0.2, 0.25) is 0 Å². The molecule has 5 heteroatoms. The summed E-state index contributed by atoms with van der Waals surface area (Å²) in [6.07, 6.45) is -2.18. The molecule has 0 bridgehead atoms. The molecule has 0 aliphatic rings. The van der Waals surface area contributed by atoms with E-state index in [2.05, 4.69) is 15.9 Å². The minimum absolute atomic E-state index is 0.00347. The standard InChI is InChI=1S/C21H26BrNO3/c1-14(2)23(15(3)4)21(25)26-20(17-8-6-5-7-9-17)19(24)16-10-12-18(22)13-11-16/h5-15,19-20,24H,1-4H3/t19-,20+/m0/s1. The maximum atomic E-state index is 12.8. The van der Waals surface area contributed by atoms with Crippen LogP contribution in [0.3, 0.4) is 0 Å². The highest BCUT2D eigenvalue weighted by atomic mass is 79.9. The quantitative estimate of drug-likeness (QED) is 0.674. The van der Waals surface area contributed by atoms with Crippen LogP contribution < -0.4 is 0 Å². The van der Waals surface area contributed by atoms with Crippen LogP contribution in [0.1, 0.15) is 51.0 Å². The van der Waals surface area contributed by atoms with Gasteiger partial charge in [-0.3, -0.25) is 0 Å². The summed E-state index contributed by atoms with van der Waals surface area (Å²) in [6.45, 7) is 7.79. The molecule has 2 atom stereocenters. The highest BCUT2D eigenvalue weighted by Crippen LogP contribution is 2.33. The zero-order chi connectivity index (χ0) is 19.3. The van der Waals surface area contributed by atoms with Gasteiger partial charge in [-0.2, -0.15) is 0 Å². The number of carbonyl (C=O) groups is 1. The molecule has 26 heavy (non-hydrogen) atoms. The fourth-order valence-electron chi connectivity index (χ4n) is 2.98. The van der Waals surface area contributed by atoms with Crippen LogP contribution in [0.4, 0.5) is 4.79 Å². The number of ether oxygens (including phenoxy) is 1. The minimum Gasteiger partial charge on any atom is -0.438 e. The summed E-state index contributed by atoms with van der Waals surface area (Å²) in [7, 11) is 0. The first kappa shape index (κ1) is 20.5. The lowest BCUT2D eigenvalue weighted by Crippen LogP contribution is -2.43. The van der Waals surface area contributed by atoms with Crippen LogP contribution in [-0.4, -0.2) is 28.2 Å². The Morgan fingerprint density at radius 1 is 0.923 bits per heavy atom. The number of aliphatic hydroxyl groups excluding tert-OH is 1. The Hall–Kier alpha value is -1.85. The summed E-state index contributed by atoms with van der Waals surface area (Å²) in [4.78, 5) is 14.5. The molecular formula is C21H26BrNO3. The Bertz CT molecular complexity index is 693. The maximum Gasteiger partial charge on any atom is 0.410 e. The lowest BCUT2D eigenvalue weighted by Gasteiger charge is -2.33. The summed E-state index contributed by atoms with van der Waals surface area (Å²) in [5, 5.41) is 10.9. The molecule has 4 nitrogen and oxygen atoms in total. The van der Waals surface area contributed by atoms with E-state index in [4.69, 9.17) is 4.74 Å². The second-order valence-corrected chi connectivity index (χ2v) is 7.72. The van der Waals surface area contributed by atoms with Gasteiger partial charge in [-0.25, -0.2) is 4.79 Å². The first-order valence-electron chi connectivity index (χ1n) is 8.78. The summed E-state index contributed by atoms with van der Waals surface area (Å²) in [5.41, 5.74) is 1.44. The molecule has 0 radical (unpaired) electrons. The SMILES string of the molecule is CC(C)N(C(=O)O[C@H](c1ccccc1)[C@@H](O)c1ccc(Br)cc1)C(C)C. The van der Waals surface area contributed by atoms with Crippen LogP contribution in [0.15, 0.2) is 59.1 Å². The summed E-state index contributed by atoms with van der Waals surface area (Å²) in [5.74, 6) is 0. The third-order valence-corrected chi connectivity index (χ3v) is 4.71. The summed E-state index contributed by atoms with van der Waals surface area (Å²) < 4.78 is 6.72. The van der Waals surface area contributed by atoms with Crippen molar-refractivity contribution in [3.8, 4) is 0 Å². The molecule has 0 spiro atoms. The van der Waals surface area contributed by atoms with E-state index < -0.39 is 18.3 Å². The number of hydrogen-bond acceptors (Lipinski definition) is 3. The molecule has 0 aliphatic carbocycles. The van der Waals surface area contributed by atoms with Crippen LogP contribution in [-0.2, 0) is 4.74 Å². The third-order valence-electron chi connectivity index (χ3n) is 4.18. The number of aliphatic hydroxyl groups is 1. The van der Waals surface area contributed by atoms with Gasteiger partial charge in [0.05, 0.1) is 0 Å². The van der Waals surface area contributed by atoms with E-state index in [0.717, 1.165) is 10.0 Å². The molecule has 2 aromatic carbocycles. The van der Waals surface area contributed by atoms with Gasteiger partial charge in [-0.05, 0) is 51.0 Å². The van der Waals surface area contributed by atoms with Gasteiger partial charge in [0.15, 0.2) is 6.10 Å². The molecule has 2 aromatic rings. The smallest absolute Gasteiger partial charge is 0.410 e. The van der Waals surface area contributed by atoms with E-state index >= 15 is 0 Å². The van der Waals surface area contributed by atoms with Crippen molar-refractivity contribution in [2.24, 2.45) is 0 Å². The number of carbonyl (C=O) groups excluding carboxylic acids is 1. The fourth-order valence-corrected chi connectivity index (χ4v) is 3.24. The van der Waals surface area contributed by atoms with Gasteiger partial charge in [-0.15, -0.1) is 0 Å². The number of halogens is 1. The molecule has 0 unspecified atom stereocenters.